The average molecular weight is 330 g/mol. The summed E-state index contributed by atoms with van der Waals surface area (Å²) >= 11 is 0. The van der Waals surface area contributed by atoms with Gasteiger partial charge in [0.25, 0.3) is 0 Å². The third kappa shape index (κ3) is 3.29. The molecule has 2 fully saturated rings. The average Bonchev–Trinajstić information content (AvgIpc) is 3.06. The summed E-state index contributed by atoms with van der Waals surface area (Å²) in [7, 11) is 0. The van der Waals surface area contributed by atoms with Crippen molar-refractivity contribution in [3.63, 3.8) is 0 Å². The molecule has 1 aromatic rings. The number of aromatic nitrogens is 2. The zero-order chi connectivity index (χ0) is 16.4. The van der Waals surface area contributed by atoms with E-state index in [0.717, 1.165) is 64.6 Å². The molecule has 3 heterocycles. The molecular weight excluding hydrogens is 300 g/mol. The maximum atomic E-state index is 5.72. The Balaban J connectivity index is 1.66. The summed E-state index contributed by atoms with van der Waals surface area (Å²) in [5.74, 6) is 2.92. The van der Waals surface area contributed by atoms with E-state index in [0.29, 0.717) is 5.92 Å². The van der Waals surface area contributed by atoms with Gasteiger partial charge in [0.1, 0.15) is 11.6 Å². The van der Waals surface area contributed by atoms with Crippen LogP contribution in [0.2, 0.25) is 0 Å². The van der Waals surface area contributed by atoms with Crippen molar-refractivity contribution < 1.29 is 4.74 Å². The Bertz CT molecular complexity index is 563. The number of fused-ring (bicyclic) bond motifs is 1. The van der Waals surface area contributed by atoms with Crippen LogP contribution >= 0.6 is 0 Å². The lowest BCUT2D eigenvalue weighted by molar-refractivity contribution is 0.146. The van der Waals surface area contributed by atoms with Gasteiger partial charge in [-0.3, -0.25) is 0 Å². The lowest BCUT2D eigenvalue weighted by atomic mass is 10.0. The van der Waals surface area contributed by atoms with E-state index in [4.69, 9.17) is 14.7 Å². The molecule has 0 spiro atoms. The van der Waals surface area contributed by atoms with E-state index in [1.54, 1.807) is 0 Å². The third-order valence-corrected chi connectivity index (χ3v) is 5.91. The number of nitrogens with zero attached hydrogens (tertiary/aromatic N) is 4. The van der Waals surface area contributed by atoms with Crippen molar-refractivity contribution in [2.75, 3.05) is 50.8 Å². The lowest BCUT2D eigenvalue weighted by Gasteiger charge is -2.36. The molecule has 5 nitrogen and oxygen atoms in total. The van der Waals surface area contributed by atoms with Crippen LogP contribution in [0, 0.1) is 0 Å². The van der Waals surface area contributed by atoms with E-state index in [1.807, 2.05) is 0 Å². The summed E-state index contributed by atoms with van der Waals surface area (Å²) in [6.45, 7) is 9.47. The van der Waals surface area contributed by atoms with Crippen molar-refractivity contribution in [1.82, 2.24) is 14.9 Å². The van der Waals surface area contributed by atoms with Gasteiger partial charge in [0.2, 0.25) is 0 Å². The number of anilines is 1. The molecule has 1 aromatic heterocycles. The van der Waals surface area contributed by atoms with E-state index in [9.17, 15) is 0 Å². The Kier molecular flexibility index (Phi) is 4.99. The van der Waals surface area contributed by atoms with Gasteiger partial charge in [-0.15, -0.1) is 0 Å². The van der Waals surface area contributed by atoms with Crippen LogP contribution in [0.3, 0.4) is 0 Å². The molecule has 1 saturated carbocycles. The Morgan fingerprint density at radius 1 is 1.00 bits per heavy atom. The normalized spacial score (nSPS) is 23.3. The highest BCUT2D eigenvalue weighted by molar-refractivity contribution is 5.50. The van der Waals surface area contributed by atoms with Gasteiger partial charge in [-0.25, -0.2) is 9.97 Å². The third-order valence-electron chi connectivity index (χ3n) is 5.91. The van der Waals surface area contributed by atoms with Crippen LogP contribution in [-0.2, 0) is 17.6 Å². The standard InChI is InChI=1S/C19H30N4O/c1-2-22-9-11-23(12-10-22)19-16-7-13-24-14-8-17(16)20-18(21-19)15-5-3-4-6-15/h15H,2-14H2,1H3. The first kappa shape index (κ1) is 16.3. The van der Waals surface area contributed by atoms with E-state index < -0.39 is 0 Å². The fraction of sp³-hybridized carbons (Fsp3) is 0.789. The summed E-state index contributed by atoms with van der Waals surface area (Å²) in [6, 6.07) is 0. The molecule has 0 unspecified atom stereocenters. The van der Waals surface area contributed by atoms with Gasteiger partial charge in [-0.05, 0) is 19.4 Å². The molecule has 0 amide bonds. The molecule has 132 valence electrons. The number of ether oxygens (including phenoxy) is 1. The van der Waals surface area contributed by atoms with Gasteiger partial charge in [0.05, 0.1) is 18.9 Å². The minimum atomic E-state index is 0.579. The molecule has 2 aliphatic heterocycles. The smallest absolute Gasteiger partial charge is 0.135 e. The molecule has 0 atom stereocenters. The molecule has 3 aliphatic rings. The SMILES string of the molecule is CCN1CCN(c2nc(C3CCCC3)nc3c2CCOCC3)CC1. The molecule has 1 saturated heterocycles. The number of hydrogen-bond acceptors (Lipinski definition) is 5. The van der Waals surface area contributed by atoms with E-state index in [-0.39, 0.29) is 0 Å². The Labute approximate surface area is 145 Å². The van der Waals surface area contributed by atoms with Crippen LogP contribution in [0.1, 0.15) is 55.6 Å². The first-order valence-electron chi connectivity index (χ1n) is 9.80. The number of likely N-dealkylation sites (N-methyl/N-ethyl adjacent to an activating group) is 1. The zero-order valence-electron chi connectivity index (χ0n) is 15.0. The fourth-order valence-corrected chi connectivity index (χ4v) is 4.35. The minimum Gasteiger partial charge on any atom is -0.381 e. The summed E-state index contributed by atoms with van der Waals surface area (Å²) < 4.78 is 5.72. The van der Waals surface area contributed by atoms with Crippen molar-refractivity contribution in [2.24, 2.45) is 0 Å². The fourth-order valence-electron chi connectivity index (χ4n) is 4.35. The topological polar surface area (TPSA) is 41.5 Å². The van der Waals surface area contributed by atoms with Crippen molar-refractivity contribution >= 4 is 5.82 Å². The molecule has 0 N–H and O–H groups in total. The van der Waals surface area contributed by atoms with Crippen LogP contribution in [0.4, 0.5) is 5.82 Å². The highest BCUT2D eigenvalue weighted by Crippen LogP contribution is 2.35. The molecule has 0 bridgehead atoms. The summed E-state index contributed by atoms with van der Waals surface area (Å²) in [5, 5.41) is 0. The zero-order valence-corrected chi connectivity index (χ0v) is 15.0. The van der Waals surface area contributed by atoms with E-state index in [1.165, 1.54) is 42.8 Å². The maximum absolute atomic E-state index is 5.72. The van der Waals surface area contributed by atoms with E-state index in [2.05, 4.69) is 16.7 Å². The summed E-state index contributed by atoms with van der Waals surface area (Å²) in [5.41, 5.74) is 2.62. The predicted octanol–water partition coefficient (Wildman–Crippen LogP) is 2.39. The van der Waals surface area contributed by atoms with E-state index >= 15 is 0 Å². The molecule has 0 radical (unpaired) electrons. The van der Waals surface area contributed by atoms with Gasteiger partial charge in [-0.1, -0.05) is 19.8 Å². The van der Waals surface area contributed by atoms with Gasteiger partial charge in [0.15, 0.2) is 0 Å². The van der Waals surface area contributed by atoms with Crippen LogP contribution < -0.4 is 4.90 Å². The second kappa shape index (κ2) is 7.36. The first-order valence-corrected chi connectivity index (χ1v) is 9.80. The molecule has 1 aliphatic carbocycles. The largest absolute Gasteiger partial charge is 0.381 e. The molecule has 4 rings (SSSR count). The second-order valence-electron chi connectivity index (χ2n) is 7.35. The molecule has 0 aromatic carbocycles. The quantitative estimate of drug-likeness (QED) is 0.851. The molecular formula is C19H30N4O. The number of hydrogen-bond donors (Lipinski definition) is 0. The highest BCUT2D eigenvalue weighted by atomic mass is 16.5. The van der Waals surface area contributed by atoms with Gasteiger partial charge >= 0.3 is 0 Å². The first-order chi connectivity index (χ1) is 11.8. The van der Waals surface area contributed by atoms with Crippen LogP contribution in [0.25, 0.3) is 0 Å². The Morgan fingerprint density at radius 3 is 2.50 bits per heavy atom. The van der Waals surface area contributed by atoms with Gasteiger partial charge in [-0.2, -0.15) is 0 Å². The predicted molar refractivity (Wildman–Crippen MR) is 95.8 cm³/mol. The number of rotatable bonds is 3. The summed E-state index contributed by atoms with van der Waals surface area (Å²) in [4.78, 5) is 15.2. The van der Waals surface area contributed by atoms with Crippen LogP contribution in [0.5, 0.6) is 0 Å². The number of piperazine rings is 1. The van der Waals surface area contributed by atoms with Gasteiger partial charge < -0.3 is 14.5 Å². The summed E-state index contributed by atoms with van der Waals surface area (Å²) in [6.07, 6.45) is 7.09. The van der Waals surface area contributed by atoms with Crippen molar-refractivity contribution in [3.8, 4) is 0 Å². The Hall–Kier alpha value is -1.20. The highest BCUT2D eigenvalue weighted by Gasteiger charge is 2.27. The van der Waals surface area contributed by atoms with Crippen LogP contribution in [0.15, 0.2) is 0 Å². The van der Waals surface area contributed by atoms with Crippen molar-refractivity contribution in [3.05, 3.63) is 17.1 Å². The van der Waals surface area contributed by atoms with Crippen LogP contribution in [-0.4, -0.2) is 60.8 Å². The maximum Gasteiger partial charge on any atom is 0.135 e. The lowest BCUT2D eigenvalue weighted by Crippen LogP contribution is -2.47. The molecule has 5 heteroatoms. The minimum absolute atomic E-state index is 0.579. The Morgan fingerprint density at radius 2 is 1.75 bits per heavy atom. The van der Waals surface area contributed by atoms with Crippen molar-refractivity contribution in [1.29, 1.82) is 0 Å². The second-order valence-corrected chi connectivity index (χ2v) is 7.35. The van der Waals surface area contributed by atoms with Crippen molar-refractivity contribution in [2.45, 2.75) is 51.4 Å². The van der Waals surface area contributed by atoms with Gasteiger partial charge in [0, 0.05) is 50.5 Å². The molecule has 24 heavy (non-hydrogen) atoms. The monoisotopic (exact) mass is 330 g/mol.